The fourth-order valence-electron chi connectivity index (χ4n) is 2.61. The number of ether oxygens (including phenoxy) is 1. The summed E-state index contributed by atoms with van der Waals surface area (Å²) in [6.45, 7) is 6.48. The molecule has 116 valence electrons. The number of carbonyl (C=O) groups excluding carboxylic acids is 1. The van der Waals surface area contributed by atoms with E-state index in [2.05, 4.69) is 10.2 Å². The van der Waals surface area contributed by atoms with E-state index in [9.17, 15) is 4.79 Å². The lowest BCUT2D eigenvalue weighted by Crippen LogP contribution is -2.34. The number of hydrogen-bond donors (Lipinski definition) is 1. The third-order valence-electron chi connectivity index (χ3n) is 3.59. The highest BCUT2D eigenvalue weighted by molar-refractivity contribution is 5.93. The number of rotatable bonds is 5. The van der Waals surface area contributed by atoms with Gasteiger partial charge in [0.05, 0.1) is 18.3 Å². The molecule has 0 unspecified atom stereocenters. The van der Waals surface area contributed by atoms with E-state index in [1.54, 1.807) is 0 Å². The maximum Gasteiger partial charge on any atom is 0.238 e. The number of amides is 1. The first-order chi connectivity index (χ1) is 10.1. The van der Waals surface area contributed by atoms with Crippen LogP contribution in [0.4, 0.5) is 5.69 Å². The minimum absolute atomic E-state index is 0.0386. The van der Waals surface area contributed by atoms with Gasteiger partial charge in [-0.3, -0.25) is 9.69 Å². The van der Waals surface area contributed by atoms with Gasteiger partial charge in [0.15, 0.2) is 0 Å². The van der Waals surface area contributed by atoms with Crippen LogP contribution in [-0.4, -0.2) is 36.5 Å². The molecule has 1 aromatic rings. The minimum Gasteiger partial charge on any atom is -0.489 e. The standard InChI is InChI=1S/C17H26N2O2/c1-14(2)21-16-10-6-5-9-15(16)18-17(20)13-19-11-7-3-4-8-12-19/h5-6,9-10,14H,3-4,7-8,11-13H2,1-2H3,(H,18,20). The zero-order valence-corrected chi connectivity index (χ0v) is 13.1. The number of anilines is 1. The summed E-state index contributed by atoms with van der Waals surface area (Å²) in [5.41, 5.74) is 0.756. The molecule has 1 aliphatic heterocycles. The Bertz CT molecular complexity index is 452. The maximum absolute atomic E-state index is 12.2. The Hall–Kier alpha value is -1.55. The van der Waals surface area contributed by atoms with Gasteiger partial charge in [-0.25, -0.2) is 0 Å². The van der Waals surface area contributed by atoms with E-state index in [0.29, 0.717) is 6.54 Å². The van der Waals surface area contributed by atoms with Crippen LogP contribution in [0.1, 0.15) is 39.5 Å². The summed E-state index contributed by atoms with van der Waals surface area (Å²) in [4.78, 5) is 14.5. The molecular formula is C17H26N2O2. The molecule has 0 atom stereocenters. The summed E-state index contributed by atoms with van der Waals surface area (Å²) in [5.74, 6) is 0.772. The largest absolute Gasteiger partial charge is 0.489 e. The molecule has 1 amide bonds. The maximum atomic E-state index is 12.2. The molecule has 1 saturated heterocycles. The van der Waals surface area contributed by atoms with Crippen LogP contribution in [0.25, 0.3) is 0 Å². The van der Waals surface area contributed by atoms with Crippen molar-refractivity contribution < 1.29 is 9.53 Å². The summed E-state index contributed by atoms with van der Waals surface area (Å²) in [5, 5.41) is 2.98. The van der Waals surface area contributed by atoms with Crippen molar-refractivity contribution in [2.75, 3.05) is 25.0 Å². The van der Waals surface area contributed by atoms with Gasteiger partial charge in [0.25, 0.3) is 0 Å². The SMILES string of the molecule is CC(C)Oc1ccccc1NC(=O)CN1CCCCCC1. The van der Waals surface area contributed by atoms with E-state index in [-0.39, 0.29) is 12.0 Å². The van der Waals surface area contributed by atoms with Crippen molar-refractivity contribution in [1.29, 1.82) is 0 Å². The third kappa shape index (κ3) is 5.38. The highest BCUT2D eigenvalue weighted by Gasteiger charge is 2.14. The Balaban J connectivity index is 1.92. The predicted molar refractivity (Wildman–Crippen MR) is 85.7 cm³/mol. The average molecular weight is 290 g/mol. The lowest BCUT2D eigenvalue weighted by molar-refractivity contribution is -0.117. The number of nitrogens with zero attached hydrogens (tertiary/aromatic N) is 1. The van der Waals surface area contributed by atoms with Crippen LogP contribution in [0.2, 0.25) is 0 Å². The number of carbonyl (C=O) groups is 1. The van der Waals surface area contributed by atoms with Crippen LogP contribution in [0.3, 0.4) is 0 Å². The molecule has 0 aliphatic carbocycles. The van der Waals surface area contributed by atoms with Gasteiger partial charge in [0.2, 0.25) is 5.91 Å². The van der Waals surface area contributed by atoms with E-state index in [1.807, 2.05) is 38.1 Å². The third-order valence-corrected chi connectivity index (χ3v) is 3.59. The molecule has 0 radical (unpaired) electrons. The van der Waals surface area contributed by atoms with Crippen LogP contribution in [0, 0.1) is 0 Å². The number of likely N-dealkylation sites (tertiary alicyclic amines) is 1. The molecule has 1 heterocycles. The van der Waals surface area contributed by atoms with Crippen molar-refractivity contribution in [2.45, 2.75) is 45.6 Å². The van der Waals surface area contributed by atoms with Gasteiger partial charge >= 0.3 is 0 Å². The smallest absolute Gasteiger partial charge is 0.238 e. The number of para-hydroxylation sites is 2. The fraction of sp³-hybridized carbons (Fsp3) is 0.588. The van der Waals surface area contributed by atoms with Crippen LogP contribution in [-0.2, 0) is 4.79 Å². The topological polar surface area (TPSA) is 41.6 Å². The fourth-order valence-corrected chi connectivity index (χ4v) is 2.61. The van der Waals surface area contributed by atoms with Crippen molar-refractivity contribution >= 4 is 11.6 Å². The second-order valence-electron chi connectivity index (χ2n) is 5.90. The predicted octanol–water partition coefficient (Wildman–Crippen LogP) is 3.29. The minimum atomic E-state index is 0.0386. The number of nitrogens with one attached hydrogen (secondary N) is 1. The molecule has 0 spiro atoms. The highest BCUT2D eigenvalue weighted by Crippen LogP contribution is 2.24. The summed E-state index contributed by atoms with van der Waals surface area (Å²) < 4.78 is 5.73. The van der Waals surface area contributed by atoms with Crippen LogP contribution in [0.15, 0.2) is 24.3 Å². The van der Waals surface area contributed by atoms with Gasteiger partial charge in [-0.2, -0.15) is 0 Å². The first kappa shape index (κ1) is 15.8. The molecule has 0 bridgehead atoms. The van der Waals surface area contributed by atoms with Gasteiger partial charge in [0, 0.05) is 0 Å². The zero-order chi connectivity index (χ0) is 15.1. The zero-order valence-electron chi connectivity index (χ0n) is 13.1. The first-order valence-electron chi connectivity index (χ1n) is 7.93. The monoisotopic (exact) mass is 290 g/mol. The lowest BCUT2D eigenvalue weighted by Gasteiger charge is -2.20. The molecule has 21 heavy (non-hydrogen) atoms. The Kier molecular flexibility index (Phi) is 6.05. The van der Waals surface area contributed by atoms with Gasteiger partial charge in [-0.15, -0.1) is 0 Å². The number of hydrogen-bond acceptors (Lipinski definition) is 3. The molecule has 1 fully saturated rings. The van der Waals surface area contributed by atoms with Crippen molar-refractivity contribution in [3.8, 4) is 5.75 Å². The van der Waals surface area contributed by atoms with Crippen molar-refractivity contribution in [3.05, 3.63) is 24.3 Å². The summed E-state index contributed by atoms with van der Waals surface area (Å²) in [7, 11) is 0. The molecule has 4 nitrogen and oxygen atoms in total. The molecule has 2 rings (SSSR count). The normalized spacial score (nSPS) is 16.5. The Morgan fingerprint density at radius 2 is 1.86 bits per heavy atom. The Morgan fingerprint density at radius 3 is 2.52 bits per heavy atom. The quantitative estimate of drug-likeness (QED) is 0.904. The first-order valence-corrected chi connectivity index (χ1v) is 7.93. The highest BCUT2D eigenvalue weighted by atomic mass is 16.5. The molecule has 1 aliphatic rings. The van der Waals surface area contributed by atoms with Crippen molar-refractivity contribution in [3.63, 3.8) is 0 Å². The summed E-state index contributed by atoms with van der Waals surface area (Å²) in [6.07, 6.45) is 5.04. The van der Waals surface area contributed by atoms with E-state index in [4.69, 9.17) is 4.74 Å². The van der Waals surface area contributed by atoms with E-state index >= 15 is 0 Å². The number of benzene rings is 1. The van der Waals surface area contributed by atoms with Crippen LogP contribution >= 0.6 is 0 Å². The summed E-state index contributed by atoms with van der Waals surface area (Å²) >= 11 is 0. The van der Waals surface area contributed by atoms with Gasteiger partial charge in [-0.05, 0) is 51.9 Å². The molecule has 0 aromatic heterocycles. The Morgan fingerprint density at radius 1 is 1.19 bits per heavy atom. The summed E-state index contributed by atoms with van der Waals surface area (Å²) in [6, 6.07) is 7.61. The van der Waals surface area contributed by atoms with Crippen molar-refractivity contribution in [1.82, 2.24) is 4.90 Å². The van der Waals surface area contributed by atoms with E-state index in [1.165, 1.54) is 25.7 Å². The van der Waals surface area contributed by atoms with Crippen molar-refractivity contribution in [2.24, 2.45) is 0 Å². The van der Waals surface area contributed by atoms with Crippen LogP contribution in [0.5, 0.6) is 5.75 Å². The Labute approximate surface area is 127 Å². The molecule has 4 heteroatoms. The molecule has 0 saturated carbocycles. The molecule has 1 N–H and O–H groups in total. The second kappa shape index (κ2) is 8.03. The lowest BCUT2D eigenvalue weighted by atomic mass is 10.2. The van der Waals surface area contributed by atoms with Gasteiger partial charge in [-0.1, -0.05) is 25.0 Å². The molecule has 1 aromatic carbocycles. The van der Waals surface area contributed by atoms with E-state index < -0.39 is 0 Å². The van der Waals surface area contributed by atoms with Gasteiger partial charge < -0.3 is 10.1 Å². The van der Waals surface area contributed by atoms with Crippen LogP contribution < -0.4 is 10.1 Å². The second-order valence-corrected chi connectivity index (χ2v) is 5.90. The average Bonchev–Trinajstić information content (AvgIpc) is 2.69. The molecular weight excluding hydrogens is 264 g/mol. The van der Waals surface area contributed by atoms with Gasteiger partial charge in [0.1, 0.15) is 5.75 Å². The van der Waals surface area contributed by atoms with E-state index in [0.717, 1.165) is 24.5 Å².